The van der Waals surface area contributed by atoms with Gasteiger partial charge in [0.15, 0.2) is 0 Å². The van der Waals surface area contributed by atoms with Crippen LogP contribution in [0.15, 0.2) is 4.52 Å². The lowest BCUT2D eigenvalue weighted by Gasteiger charge is -2.46. The van der Waals surface area contributed by atoms with Crippen molar-refractivity contribution in [2.45, 2.75) is 57.7 Å². The van der Waals surface area contributed by atoms with E-state index in [1.165, 1.54) is 0 Å². The summed E-state index contributed by atoms with van der Waals surface area (Å²) in [6, 6.07) is 0. The standard InChI is InChI=1S/C16H24N2O4/c1-11-13(12(2)22-17-11)10-15(20)18-7-5-16(6-8-18)14(19)4-3-9-21-16/h14,19H,3-10H2,1-2H3/t14-/m1/s1. The van der Waals surface area contributed by atoms with Crippen molar-refractivity contribution >= 4 is 5.91 Å². The minimum absolute atomic E-state index is 0.0922. The SMILES string of the molecule is Cc1noc(C)c1CC(=O)N1CCC2(CC1)OCCC[C@H]2O. The highest BCUT2D eigenvalue weighted by molar-refractivity contribution is 5.79. The second-order valence-corrected chi connectivity index (χ2v) is 6.43. The van der Waals surface area contributed by atoms with E-state index in [1.54, 1.807) is 0 Å². The molecule has 2 fully saturated rings. The molecule has 1 N–H and O–H groups in total. The Morgan fingerprint density at radius 1 is 1.41 bits per heavy atom. The van der Waals surface area contributed by atoms with Crippen molar-refractivity contribution in [3.05, 3.63) is 17.0 Å². The number of nitrogens with zero attached hydrogens (tertiary/aromatic N) is 2. The van der Waals surface area contributed by atoms with Crippen LogP contribution >= 0.6 is 0 Å². The number of rotatable bonds is 2. The second kappa shape index (κ2) is 6.01. The number of ether oxygens (including phenoxy) is 1. The lowest BCUT2D eigenvalue weighted by molar-refractivity contribution is -0.179. The Bertz CT molecular complexity index is 527. The van der Waals surface area contributed by atoms with E-state index in [9.17, 15) is 9.90 Å². The highest BCUT2D eigenvalue weighted by atomic mass is 16.5. The predicted octanol–water partition coefficient (Wildman–Crippen LogP) is 1.37. The first-order chi connectivity index (χ1) is 10.5. The number of amides is 1. The fourth-order valence-electron chi connectivity index (χ4n) is 3.54. The second-order valence-electron chi connectivity index (χ2n) is 6.43. The summed E-state index contributed by atoms with van der Waals surface area (Å²) in [6.45, 7) is 5.68. The number of hydrogen-bond donors (Lipinski definition) is 1. The maximum atomic E-state index is 12.5. The normalized spacial score (nSPS) is 24.7. The first-order valence-electron chi connectivity index (χ1n) is 8.03. The van der Waals surface area contributed by atoms with Crippen molar-refractivity contribution in [1.82, 2.24) is 10.1 Å². The zero-order valence-corrected chi connectivity index (χ0v) is 13.3. The summed E-state index contributed by atoms with van der Waals surface area (Å²) in [7, 11) is 0. The highest BCUT2D eigenvalue weighted by Crippen LogP contribution is 2.35. The lowest BCUT2D eigenvalue weighted by Crippen LogP contribution is -2.56. The van der Waals surface area contributed by atoms with Crippen molar-refractivity contribution in [2.75, 3.05) is 19.7 Å². The molecular formula is C16H24N2O4. The topological polar surface area (TPSA) is 75.8 Å². The van der Waals surface area contributed by atoms with Gasteiger partial charge in [0.05, 0.1) is 23.8 Å². The van der Waals surface area contributed by atoms with Crippen LogP contribution in [-0.2, 0) is 16.0 Å². The van der Waals surface area contributed by atoms with E-state index in [2.05, 4.69) is 5.16 Å². The molecule has 3 rings (SSSR count). The Hall–Kier alpha value is -1.40. The van der Waals surface area contributed by atoms with E-state index in [1.807, 2.05) is 18.7 Å². The van der Waals surface area contributed by atoms with Crippen LogP contribution in [-0.4, -0.2) is 52.5 Å². The summed E-state index contributed by atoms with van der Waals surface area (Å²) in [5, 5.41) is 14.1. The molecule has 0 radical (unpaired) electrons. The molecule has 6 heteroatoms. The van der Waals surface area contributed by atoms with Crippen molar-refractivity contribution in [3.63, 3.8) is 0 Å². The molecule has 2 aliphatic heterocycles. The number of likely N-dealkylation sites (tertiary alicyclic amines) is 1. The van der Waals surface area contributed by atoms with Gasteiger partial charge in [-0.1, -0.05) is 5.16 Å². The van der Waals surface area contributed by atoms with Crippen molar-refractivity contribution < 1.29 is 19.2 Å². The van der Waals surface area contributed by atoms with Gasteiger partial charge >= 0.3 is 0 Å². The molecule has 1 aromatic heterocycles. The molecular weight excluding hydrogens is 284 g/mol. The van der Waals surface area contributed by atoms with Gasteiger partial charge in [-0.2, -0.15) is 0 Å². The first-order valence-corrected chi connectivity index (χ1v) is 8.03. The molecule has 0 bridgehead atoms. The lowest BCUT2D eigenvalue weighted by atomic mass is 9.82. The van der Waals surface area contributed by atoms with Crippen molar-refractivity contribution in [1.29, 1.82) is 0 Å². The van der Waals surface area contributed by atoms with Crippen molar-refractivity contribution in [3.8, 4) is 0 Å². The van der Waals surface area contributed by atoms with Gasteiger partial charge < -0.3 is 19.3 Å². The van der Waals surface area contributed by atoms with E-state index in [-0.39, 0.29) is 5.91 Å². The summed E-state index contributed by atoms with van der Waals surface area (Å²) in [5.74, 6) is 0.805. The van der Waals surface area contributed by atoms with Gasteiger partial charge in [0.1, 0.15) is 5.76 Å². The number of hydrogen-bond acceptors (Lipinski definition) is 5. The molecule has 0 saturated carbocycles. The fourth-order valence-corrected chi connectivity index (χ4v) is 3.54. The van der Waals surface area contributed by atoms with Crippen LogP contribution in [0.4, 0.5) is 0 Å². The van der Waals surface area contributed by atoms with E-state index in [0.29, 0.717) is 44.7 Å². The molecule has 1 spiro atoms. The monoisotopic (exact) mass is 308 g/mol. The van der Waals surface area contributed by atoms with E-state index >= 15 is 0 Å². The van der Waals surface area contributed by atoms with Gasteiger partial charge in [-0.25, -0.2) is 0 Å². The predicted molar refractivity (Wildman–Crippen MR) is 79.4 cm³/mol. The minimum atomic E-state index is -0.432. The van der Waals surface area contributed by atoms with Gasteiger partial charge in [0.25, 0.3) is 0 Å². The van der Waals surface area contributed by atoms with Crippen LogP contribution < -0.4 is 0 Å². The van der Waals surface area contributed by atoms with Gasteiger partial charge in [-0.15, -0.1) is 0 Å². The van der Waals surface area contributed by atoms with Gasteiger partial charge in [-0.05, 0) is 39.5 Å². The largest absolute Gasteiger partial charge is 0.390 e. The minimum Gasteiger partial charge on any atom is -0.390 e. The Labute approximate surface area is 130 Å². The van der Waals surface area contributed by atoms with Crippen LogP contribution in [0.25, 0.3) is 0 Å². The molecule has 22 heavy (non-hydrogen) atoms. The molecule has 6 nitrogen and oxygen atoms in total. The summed E-state index contributed by atoms with van der Waals surface area (Å²) in [4.78, 5) is 14.3. The van der Waals surface area contributed by atoms with Crippen LogP contribution in [0.1, 0.15) is 42.7 Å². The van der Waals surface area contributed by atoms with E-state index in [4.69, 9.17) is 9.26 Å². The zero-order chi connectivity index (χ0) is 15.7. The molecule has 122 valence electrons. The number of aryl methyl sites for hydroxylation is 2. The maximum absolute atomic E-state index is 12.5. The fraction of sp³-hybridized carbons (Fsp3) is 0.750. The van der Waals surface area contributed by atoms with Gasteiger partial charge in [0.2, 0.25) is 5.91 Å². The Balaban J connectivity index is 1.60. The zero-order valence-electron chi connectivity index (χ0n) is 13.3. The number of carbonyl (C=O) groups is 1. The third-order valence-electron chi connectivity index (χ3n) is 5.09. The van der Waals surface area contributed by atoms with E-state index < -0.39 is 11.7 Å². The Morgan fingerprint density at radius 2 is 2.14 bits per heavy atom. The summed E-state index contributed by atoms with van der Waals surface area (Å²) >= 11 is 0. The van der Waals surface area contributed by atoms with Crippen molar-refractivity contribution in [2.24, 2.45) is 0 Å². The number of carbonyl (C=O) groups excluding carboxylic acids is 1. The number of aliphatic hydroxyl groups is 1. The molecule has 0 aliphatic carbocycles. The summed E-state index contributed by atoms with van der Waals surface area (Å²) in [5.41, 5.74) is 1.24. The number of aliphatic hydroxyl groups excluding tert-OH is 1. The smallest absolute Gasteiger partial charge is 0.227 e. The molecule has 1 aromatic rings. The van der Waals surface area contributed by atoms with Crippen LogP contribution in [0.3, 0.4) is 0 Å². The summed E-state index contributed by atoms with van der Waals surface area (Å²) < 4.78 is 11.0. The molecule has 3 heterocycles. The average Bonchev–Trinajstić information content (AvgIpc) is 2.83. The third-order valence-corrected chi connectivity index (χ3v) is 5.09. The maximum Gasteiger partial charge on any atom is 0.227 e. The number of aromatic nitrogens is 1. The van der Waals surface area contributed by atoms with Gasteiger partial charge in [0, 0.05) is 25.3 Å². The number of piperidine rings is 1. The molecule has 2 aliphatic rings. The van der Waals surface area contributed by atoms with Crippen LogP contribution in [0, 0.1) is 13.8 Å². The molecule has 2 saturated heterocycles. The third kappa shape index (κ3) is 2.77. The molecule has 0 unspecified atom stereocenters. The first kappa shape index (κ1) is 15.5. The van der Waals surface area contributed by atoms with Crippen LogP contribution in [0.5, 0.6) is 0 Å². The van der Waals surface area contributed by atoms with E-state index in [0.717, 1.165) is 24.1 Å². The van der Waals surface area contributed by atoms with Gasteiger partial charge in [-0.3, -0.25) is 4.79 Å². The quantitative estimate of drug-likeness (QED) is 0.893. The summed E-state index contributed by atoms with van der Waals surface area (Å²) in [6.07, 6.45) is 3.06. The molecule has 0 aromatic carbocycles. The Kier molecular flexibility index (Phi) is 4.23. The average molecular weight is 308 g/mol. The molecule has 1 amide bonds. The Morgan fingerprint density at radius 3 is 2.73 bits per heavy atom. The van der Waals surface area contributed by atoms with Crippen LogP contribution in [0.2, 0.25) is 0 Å². The highest BCUT2D eigenvalue weighted by Gasteiger charge is 2.44. The molecule has 1 atom stereocenters.